The number of allylic oxidation sites excluding steroid dienone is 1. The number of esters is 1. The van der Waals surface area contributed by atoms with Crippen LogP contribution < -0.4 is 15.8 Å². The maximum atomic E-state index is 12.6. The van der Waals surface area contributed by atoms with Crippen LogP contribution in [-0.4, -0.2) is 26.2 Å². The van der Waals surface area contributed by atoms with Crippen LogP contribution in [0.2, 0.25) is 0 Å². The standard InChI is InChI=1S/C23H26N2O4/c1-15(2)10-13-18-19(28-3)14-17(12-11-16-8-6-5-7-9-16)20(22(26)29-4)21(18)25-23(24)27/h5-9,11-12,14H,1,10,13H2,2-4H3,(H3,24,25,27)/b12-11+. The van der Waals surface area contributed by atoms with Gasteiger partial charge in [0.1, 0.15) is 5.75 Å². The van der Waals surface area contributed by atoms with Crippen LogP contribution >= 0.6 is 0 Å². The van der Waals surface area contributed by atoms with E-state index >= 15 is 0 Å². The minimum absolute atomic E-state index is 0.219. The van der Waals surface area contributed by atoms with Gasteiger partial charge < -0.3 is 20.5 Å². The number of nitrogens with one attached hydrogen (secondary N) is 1. The summed E-state index contributed by atoms with van der Waals surface area (Å²) < 4.78 is 10.5. The van der Waals surface area contributed by atoms with Crippen LogP contribution in [-0.2, 0) is 11.2 Å². The van der Waals surface area contributed by atoms with Gasteiger partial charge in [-0.3, -0.25) is 0 Å². The molecule has 0 aliphatic rings. The Hall–Kier alpha value is -3.54. The monoisotopic (exact) mass is 394 g/mol. The van der Waals surface area contributed by atoms with E-state index in [1.54, 1.807) is 12.1 Å². The normalized spacial score (nSPS) is 10.6. The second kappa shape index (κ2) is 10.1. The second-order valence-electron chi connectivity index (χ2n) is 6.58. The molecule has 0 heterocycles. The maximum absolute atomic E-state index is 12.6. The molecule has 0 aliphatic heterocycles. The van der Waals surface area contributed by atoms with Crippen molar-refractivity contribution in [2.75, 3.05) is 19.5 Å². The minimum Gasteiger partial charge on any atom is -0.496 e. The number of ether oxygens (including phenoxy) is 2. The number of benzene rings is 2. The molecule has 6 heteroatoms. The van der Waals surface area contributed by atoms with E-state index in [1.165, 1.54) is 14.2 Å². The van der Waals surface area contributed by atoms with Crippen molar-refractivity contribution in [3.8, 4) is 5.75 Å². The number of urea groups is 1. The molecule has 0 atom stereocenters. The molecule has 2 aromatic rings. The molecule has 0 bridgehead atoms. The highest BCUT2D eigenvalue weighted by Gasteiger charge is 2.24. The van der Waals surface area contributed by atoms with Crippen molar-refractivity contribution in [2.24, 2.45) is 5.73 Å². The quantitative estimate of drug-likeness (QED) is 0.387. The van der Waals surface area contributed by atoms with E-state index in [9.17, 15) is 9.59 Å². The first-order valence-electron chi connectivity index (χ1n) is 9.13. The first-order valence-corrected chi connectivity index (χ1v) is 9.13. The highest BCUT2D eigenvalue weighted by atomic mass is 16.5. The van der Waals surface area contributed by atoms with Gasteiger partial charge >= 0.3 is 12.0 Å². The number of methoxy groups -OCH3 is 2. The van der Waals surface area contributed by atoms with Gasteiger partial charge in [0.2, 0.25) is 0 Å². The molecule has 0 aromatic heterocycles. The zero-order valence-corrected chi connectivity index (χ0v) is 17.0. The minimum atomic E-state index is -0.780. The molecule has 0 aliphatic carbocycles. The van der Waals surface area contributed by atoms with E-state index in [2.05, 4.69) is 11.9 Å². The molecular weight excluding hydrogens is 368 g/mol. The number of amides is 2. The van der Waals surface area contributed by atoms with Gasteiger partial charge in [-0.1, -0.05) is 48.1 Å². The molecular formula is C23H26N2O4. The number of nitrogens with two attached hydrogens (primary N) is 1. The number of anilines is 1. The Balaban J connectivity index is 2.71. The van der Waals surface area contributed by atoms with Crippen molar-refractivity contribution in [1.29, 1.82) is 0 Å². The molecule has 0 unspecified atom stereocenters. The third kappa shape index (κ3) is 5.72. The average Bonchev–Trinajstić information content (AvgIpc) is 2.70. The maximum Gasteiger partial charge on any atom is 0.340 e. The van der Waals surface area contributed by atoms with Crippen LogP contribution in [0.25, 0.3) is 12.2 Å². The van der Waals surface area contributed by atoms with Crippen molar-refractivity contribution in [1.82, 2.24) is 0 Å². The molecule has 2 rings (SSSR count). The van der Waals surface area contributed by atoms with E-state index in [4.69, 9.17) is 15.2 Å². The van der Waals surface area contributed by atoms with Gasteiger partial charge in [-0.2, -0.15) is 0 Å². The summed E-state index contributed by atoms with van der Waals surface area (Å²) >= 11 is 0. The number of rotatable bonds is 8. The van der Waals surface area contributed by atoms with Crippen LogP contribution in [0, 0.1) is 0 Å². The number of hydrogen-bond donors (Lipinski definition) is 2. The average molecular weight is 394 g/mol. The number of carbonyl (C=O) groups excluding carboxylic acids is 2. The highest BCUT2D eigenvalue weighted by Crippen LogP contribution is 2.36. The van der Waals surface area contributed by atoms with E-state index < -0.39 is 12.0 Å². The van der Waals surface area contributed by atoms with Crippen LogP contribution in [0.5, 0.6) is 5.75 Å². The van der Waals surface area contributed by atoms with Crippen molar-refractivity contribution in [2.45, 2.75) is 19.8 Å². The van der Waals surface area contributed by atoms with Gasteiger partial charge in [0.25, 0.3) is 0 Å². The van der Waals surface area contributed by atoms with Crippen molar-refractivity contribution < 1.29 is 19.1 Å². The van der Waals surface area contributed by atoms with E-state index in [0.717, 1.165) is 11.1 Å². The van der Waals surface area contributed by atoms with Crippen LogP contribution in [0.3, 0.4) is 0 Å². The Bertz CT molecular complexity index is 934. The Morgan fingerprint density at radius 3 is 2.41 bits per heavy atom. The lowest BCUT2D eigenvalue weighted by atomic mass is 9.94. The van der Waals surface area contributed by atoms with E-state index in [-0.39, 0.29) is 11.3 Å². The molecule has 2 amide bonds. The third-order valence-corrected chi connectivity index (χ3v) is 4.34. The van der Waals surface area contributed by atoms with Crippen LogP contribution in [0.15, 0.2) is 48.6 Å². The summed E-state index contributed by atoms with van der Waals surface area (Å²) in [6.45, 7) is 5.82. The highest BCUT2D eigenvalue weighted by molar-refractivity contribution is 6.05. The van der Waals surface area contributed by atoms with Crippen LogP contribution in [0.4, 0.5) is 10.5 Å². The molecule has 6 nitrogen and oxygen atoms in total. The summed E-state index contributed by atoms with van der Waals surface area (Å²) in [5.74, 6) is -0.0453. The molecule has 2 aromatic carbocycles. The molecule has 0 fully saturated rings. The molecule has 0 radical (unpaired) electrons. The summed E-state index contributed by atoms with van der Waals surface area (Å²) in [6, 6.07) is 10.6. The summed E-state index contributed by atoms with van der Waals surface area (Å²) in [5.41, 5.74) is 9.02. The SMILES string of the molecule is C=C(C)CCc1c(OC)cc(/C=C/c2ccccc2)c(C(=O)OC)c1NC(N)=O. The zero-order chi connectivity index (χ0) is 21.4. The lowest BCUT2D eigenvalue weighted by Crippen LogP contribution is -2.23. The fourth-order valence-corrected chi connectivity index (χ4v) is 2.95. The predicted octanol–water partition coefficient (Wildman–Crippen LogP) is 4.65. The third-order valence-electron chi connectivity index (χ3n) is 4.34. The molecule has 0 spiro atoms. The Morgan fingerprint density at radius 2 is 1.86 bits per heavy atom. The first kappa shape index (κ1) is 21.8. The predicted molar refractivity (Wildman–Crippen MR) is 116 cm³/mol. The first-order chi connectivity index (χ1) is 13.9. The summed E-state index contributed by atoms with van der Waals surface area (Å²) in [5, 5.41) is 2.59. The van der Waals surface area contributed by atoms with Gasteiger partial charge in [0, 0.05) is 5.56 Å². The largest absolute Gasteiger partial charge is 0.496 e. The van der Waals surface area contributed by atoms with Gasteiger partial charge in [-0.25, -0.2) is 9.59 Å². The molecule has 0 saturated carbocycles. The fraction of sp³-hybridized carbons (Fsp3) is 0.217. The number of hydrogen-bond acceptors (Lipinski definition) is 4. The molecule has 0 saturated heterocycles. The molecule has 3 N–H and O–H groups in total. The van der Waals surface area contributed by atoms with Crippen LogP contribution in [0.1, 0.15) is 40.4 Å². The van der Waals surface area contributed by atoms with Gasteiger partial charge in [-0.05, 0) is 37.0 Å². The lowest BCUT2D eigenvalue weighted by Gasteiger charge is -2.19. The van der Waals surface area contributed by atoms with Gasteiger partial charge in [-0.15, -0.1) is 6.58 Å². The topological polar surface area (TPSA) is 90.7 Å². The summed E-state index contributed by atoms with van der Waals surface area (Å²) in [7, 11) is 2.83. The zero-order valence-electron chi connectivity index (χ0n) is 17.0. The summed E-state index contributed by atoms with van der Waals surface area (Å²) in [4.78, 5) is 24.3. The van der Waals surface area contributed by atoms with Gasteiger partial charge in [0.15, 0.2) is 0 Å². The molecule has 29 heavy (non-hydrogen) atoms. The number of carbonyl (C=O) groups is 2. The Kier molecular flexibility index (Phi) is 7.60. The fourth-order valence-electron chi connectivity index (χ4n) is 2.95. The van der Waals surface area contributed by atoms with Crippen molar-refractivity contribution in [3.63, 3.8) is 0 Å². The Morgan fingerprint density at radius 1 is 1.17 bits per heavy atom. The lowest BCUT2D eigenvalue weighted by molar-refractivity contribution is 0.0601. The molecule has 152 valence electrons. The number of primary amides is 1. The van der Waals surface area contributed by atoms with Crippen molar-refractivity contribution >= 4 is 29.8 Å². The Labute approximate surface area is 171 Å². The van der Waals surface area contributed by atoms with Crippen molar-refractivity contribution in [3.05, 3.63) is 70.8 Å². The van der Waals surface area contributed by atoms with Gasteiger partial charge in [0.05, 0.1) is 25.5 Å². The van der Waals surface area contributed by atoms with E-state index in [0.29, 0.717) is 29.7 Å². The van der Waals surface area contributed by atoms with E-state index in [1.807, 2.05) is 43.3 Å². The summed E-state index contributed by atoms with van der Waals surface area (Å²) in [6.07, 6.45) is 4.81. The second-order valence-corrected chi connectivity index (χ2v) is 6.58. The smallest absolute Gasteiger partial charge is 0.340 e.